The first-order valence-electron chi connectivity index (χ1n) is 10.7. The molecule has 0 spiro atoms. The van der Waals surface area contributed by atoms with Gasteiger partial charge in [-0.25, -0.2) is 5.01 Å². The fraction of sp³-hybridized carbons (Fsp3) is 0.348. The lowest BCUT2D eigenvalue weighted by Gasteiger charge is -2.40. The van der Waals surface area contributed by atoms with E-state index in [9.17, 15) is 9.90 Å². The number of benzene rings is 1. The van der Waals surface area contributed by atoms with Gasteiger partial charge in [-0.2, -0.15) is 5.10 Å². The van der Waals surface area contributed by atoms with Crippen LogP contribution in [0.1, 0.15) is 24.0 Å². The van der Waals surface area contributed by atoms with E-state index < -0.39 is 11.9 Å². The molecule has 1 saturated carbocycles. The normalized spacial score (nSPS) is 26.4. The molecule has 166 valence electrons. The fourth-order valence-corrected chi connectivity index (χ4v) is 4.77. The summed E-state index contributed by atoms with van der Waals surface area (Å²) < 4.78 is 0. The van der Waals surface area contributed by atoms with Crippen LogP contribution in [-0.2, 0) is 11.2 Å². The predicted octanol–water partition coefficient (Wildman–Crippen LogP) is 1.62. The number of allylic oxidation sites excluding steroid dienone is 2. The second kappa shape index (κ2) is 8.11. The second-order valence-corrected chi connectivity index (χ2v) is 8.79. The van der Waals surface area contributed by atoms with Gasteiger partial charge in [0.15, 0.2) is 6.04 Å². The molecule has 32 heavy (non-hydrogen) atoms. The maximum Gasteiger partial charge on any atom is 0.244 e. The number of hydrogen-bond donors (Lipinski definition) is 3. The summed E-state index contributed by atoms with van der Waals surface area (Å²) in [5, 5.41) is 20.4. The highest BCUT2D eigenvalue weighted by molar-refractivity contribution is 6.31. The molecule has 1 fully saturated rings. The first-order valence-corrected chi connectivity index (χ1v) is 11.1. The van der Waals surface area contributed by atoms with Gasteiger partial charge >= 0.3 is 0 Å². The highest BCUT2D eigenvalue weighted by atomic mass is 35.5. The van der Waals surface area contributed by atoms with Gasteiger partial charge in [0.1, 0.15) is 11.5 Å². The van der Waals surface area contributed by atoms with Crippen LogP contribution in [0.25, 0.3) is 5.70 Å². The van der Waals surface area contributed by atoms with E-state index in [1.165, 1.54) is 0 Å². The summed E-state index contributed by atoms with van der Waals surface area (Å²) in [5.74, 6) is 0.178. The molecule has 0 radical (unpaired) electrons. The number of amidine groups is 1. The monoisotopic (exact) mass is 452 g/mol. The number of primary amides is 1. The van der Waals surface area contributed by atoms with Gasteiger partial charge in [-0.1, -0.05) is 29.8 Å². The minimum atomic E-state index is -0.588. The number of hydrazone groups is 1. The summed E-state index contributed by atoms with van der Waals surface area (Å²) >= 11 is 6.54. The number of fused-ring (bicyclic) bond motifs is 1. The van der Waals surface area contributed by atoms with Gasteiger partial charge in [-0.15, -0.1) is 6.58 Å². The number of nitrogens with zero attached hydrogens (tertiary/aromatic N) is 4. The Kier molecular flexibility index (Phi) is 5.27. The number of carbonyl (C=O) groups is 1. The van der Waals surface area contributed by atoms with E-state index in [-0.39, 0.29) is 12.1 Å². The number of halogens is 1. The summed E-state index contributed by atoms with van der Waals surface area (Å²) in [6.07, 6.45) is 7.43. The number of nitrogens with one attached hydrogen (secondary N) is 1. The molecule has 1 aromatic rings. The Morgan fingerprint density at radius 2 is 2.19 bits per heavy atom. The van der Waals surface area contributed by atoms with Crippen LogP contribution in [0.2, 0.25) is 5.02 Å². The Labute approximate surface area is 191 Å². The predicted molar refractivity (Wildman–Crippen MR) is 125 cm³/mol. The van der Waals surface area contributed by atoms with Gasteiger partial charge in [0, 0.05) is 16.6 Å². The van der Waals surface area contributed by atoms with Crippen molar-refractivity contribution in [2.24, 2.45) is 15.8 Å². The molecule has 1 aromatic carbocycles. The highest BCUT2D eigenvalue weighted by Gasteiger charge is 2.40. The molecule has 1 amide bonds. The van der Waals surface area contributed by atoms with Crippen LogP contribution in [0.15, 0.2) is 58.8 Å². The van der Waals surface area contributed by atoms with E-state index >= 15 is 0 Å². The first kappa shape index (κ1) is 20.8. The average molecular weight is 453 g/mol. The van der Waals surface area contributed by atoms with Crippen LogP contribution in [0.3, 0.4) is 0 Å². The Morgan fingerprint density at radius 1 is 1.38 bits per heavy atom. The molecular formula is C23H25ClN6O2. The van der Waals surface area contributed by atoms with E-state index in [4.69, 9.17) is 22.4 Å². The molecule has 1 aliphatic carbocycles. The van der Waals surface area contributed by atoms with Crippen molar-refractivity contribution in [2.75, 3.05) is 13.2 Å². The Bertz CT molecular complexity index is 1100. The Morgan fingerprint density at radius 3 is 2.88 bits per heavy atom. The third kappa shape index (κ3) is 3.49. The largest absolute Gasteiger partial charge is 0.393 e. The topological polar surface area (TPSA) is 107 Å². The van der Waals surface area contributed by atoms with Crippen molar-refractivity contribution < 1.29 is 9.90 Å². The Balaban J connectivity index is 1.57. The number of rotatable bonds is 6. The number of aliphatic hydroxyl groups excluding tert-OH is 1. The van der Waals surface area contributed by atoms with Crippen LogP contribution < -0.4 is 11.1 Å². The summed E-state index contributed by atoms with van der Waals surface area (Å²) in [7, 11) is 0. The first-order chi connectivity index (χ1) is 15.5. The zero-order valence-corrected chi connectivity index (χ0v) is 18.3. The van der Waals surface area contributed by atoms with Gasteiger partial charge in [0.2, 0.25) is 5.91 Å². The average Bonchev–Trinajstić information content (AvgIpc) is 3.37. The van der Waals surface area contributed by atoms with E-state index in [1.54, 1.807) is 5.01 Å². The zero-order chi connectivity index (χ0) is 22.4. The molecule has 3 heterocycles. The number of amides is 1. The molecule has 1 atom stereocenters. The summed E-state index contributed by atoms with van der Waals surface area (Å²) in [6.45, 7) is 4.69. The van der Waals surface area contributed by atoms with Crippen molar-refractivity contribution in [1.82, 2.24) is 15.2 Å². The number of hydrogen-bond acceptors (Lipinski definition) is 7. The standard InChI is InChI=1S/C23H25ClN6O2/c1-2-3-13-4-5-14(8-17(13)24)21-22(29(12-27-21)15-9-16(31)10-15)18-6-7-20-26-11-19(23(25)32)30(20)28-18/h2,4-8,15-16,19,27,31H,1,3,9-12H2,(H2,25,32). The van der Waals surface area contributed by atoms with E-state index in [1.807, 2.05) is 36.4 Å². The van der Waals surface area contributed by atoms with Gasteiger partial charge < -0.3 is 21.1 Å². The number of nitrogens with two attached hydrogens (primary N) is 1. The third-order valence-electron chi connectivity index (χ3n) is 6.32. The van der Waals surface area contributed by atoms with Crippen LogP contribution in [0, 0.1) is 0 Å². The van der Waals surface area contributed by atoms with E-state index in [0.717, 1.165) is 22.5 Å². The maximum atomic E-state index is 11.9. The van der Waals surface area contributed by atoms with Crippen molar-refractivity contribution in [3.8, 4) is 0 Å². The molecule has 5 rings (SSSR count). The number of carbonyl (C=O) groups excluding carboxylic acids is 1. The molecular weight excluding hydrogens is 428 g/mol. The minimum absolute atomic E-state index is 0.206. The molecule has 8 nitrogen and oxygen atoms in total. The van der Waals surface area contributed by atoms with Crippen molar-refractivity contribution >= 4 is 34.8 Å². The smallest absolute Gasteiger partial charge is 0.244 e. The summed E-state index contributed by atoms with van der Waals surface area (Å²) in [6, 6.07) is 5.61. The lowest BCUT2D eigenvalue weighted by Crippen LogP contribution is -2.48. The van der Waals surface area contributed by atoms with Crippen molar-refractivity contribution in [2.45, 2.75) is 37.5 Å². The molecule has 9 heteroatoms. The van der Waals surface area contributed by atoms with Crippen molar-refractivity contribution in [3.05, 3.63) is 64.9 Å². The highest BCUT2D eigenvalue weighted by Crippen LogP contribution is 2.36. The quantitative estimate of drug-likeness (QED) is 0.568. The molecule has 0 aromatic heterocycles. The molecule has 0 bridgehead atoms. The van der Waals surface area contributed by atoms with E-state index in [0.29, 0.717) is 49.0 Å². The molecule has 3 aliphatic heterocycles. The third-order valence-corrected chi connectivity index (χ3v) is 6.67. The summed E-state index contributed by atoms with van der Waals surface area (Å²) in [5.41, 5.74) is 10.1. The molecule has 1 unspecified atom stereocenters. The fourth-order valence-electron chi connectivity index (χ4n) is 4.51. The van der Waals surface area contributed by atoms with Crippen molar-refractivity contribution in [3.63, 3.8) is 0 Å². The molecule has 4 N–H and O–H groups in total. The minimum Gasteiger partial charge on any atom is -0.393 e. The second-order valence-electron chi connectivity index (χ2n) is 8.39. The van der Waals surface area contributed by atoms with Gasteiger partial charge in [0.25, 0.3) is 0 Å². The molecule has 4 aliphatic rings. The lowest BCUT2D eigenvalue weighted by molar-refractivity contribution is -0.121. The van der Waals surface area contributed by atoms with Crippen LogP contribution in [0.5, 0.6) is 0 Å². The number of aliphatic imine (C=N–C) groups is 1. The maximum absolute atomic E-state index is 11.9. The zero-order valence-electron chi connectivity index (χ0n) is 17.5. The van der Waals surface area contributed by atoms with Crippen LogP contribution in [0.4, 0.5) is 0 Å². The van der Waals surface area contributed by atoms with Gasteiger partial charge in [-0.3, -0.25) is 9.79 Å². The SMILES string of the molecule is C=CCc1ccc(C2=C(C3=NN4C(=NCC4C(N)=O)C=C3)N(C3CC(O)C3)CN2)cc1Cl. The lowest BCUT2D eigenvalue weighted by atomic mass is 9.87. The Hall–Kier alpha value is -3.10. The van der Waals surface area contributed by atoms with Crippen molar-refractivity contribution in [1.29, 1.82) is 0 Å². The van der Waals surface area contributed by atoms with Gasteiger partial charge in [0.05, 0.1) is 30.7 Å². The van der Waals surface area contributed by atoms with Crippen LogP contribution >= 0.6 is 11.6 Å². The summed E-state index contributed by atoms with van der Waals surface area (Å²) in [4.78, 5) is 18.5. The van der Waals surface area contributed by atoms with Gasteiger partial charge in [-0.05, 0) is 43.0 Å². The molecule has 0 saturated heterocycles. The number of aliphatic hydroxyl groups is 1. The van der Waals surface area contributed by atoms with Crippen LogP contribution in [-0.4, -0.2) is 63.9 Å². The van der Waals surface area contributed by atoms with E-state index in [2.05, 4.69) is 21.8 Å².